The molecule has 1 fully saturated rings. The molecular weight excluding hydrogens is 228 g/mol. The minimum absolute atomic E-state index is 0.192. The molecule has 1 saturated heterocycles. The van der Waals surface area contributed by atoms with Crippen LogP contribution in [-0.4, -0.2) is 43.6 Å². The Morgan fingerprint density at radius 1 is 1.50 bits per heavy atom. The maximum atomic E-state index is 12.2. The highest BCUT2D eigenvalue weighted by atomic mass is 16.5. The molecule has 0 saturated carbocycles. The van der Waals surface area contributed by atoms with Gasteiger partial charge < -0.3 is 15.0 Å². The van der Waals surface area contributed by atoms with E-state index in [1.807, 2.05) is 36.1 Å². The molecule has 1 aromatic carbocycles. The molecule has 0 atom stereocenters. The van der Waals surface area contributed by atoms with Crippen LogP contribution in [0.2, 0.25) is 0 Å². The van der Waals surface area contributed by atoms with E-state index < -0.39 is 0 Å². The van der Waals surface area contributed by atoms with Crippen LogP contribution in [0.4, 0.5) is 0 Å². The monoisotopic (exact) mass is 248 g/mol. The van der Waals surface area contributed by atoms with Gasteiger partial charge in [-0.05, 0) is 24.6 Å². The Labute approximate surface area is 108 Å². The summed E-state index contributed by atoms with van der Waals surface area (Å²) in [6.45, 7) is 4.63. The van der Waals surface area contributed by atoms with Crippen molar-refractivity contribution in [3.63, 3.8) is 0 Å². The average Bonchev–Trinajstić information content (AvgIpc) is 2.33. The number of amides is 1. The van der Waals surface area contributed by atoms with E-state index in [0.717, 1.165) is 30.9 Å². The molecule has 2 rings (SSSR count). The molecule has 1 heterocycles. The van der Waals surface area contributed by atoms with E-state index in [1.165, 1.54) is 0 Å². The molecule has 0 unspecified atom stereocenters. The number of hydrogen-bond acceptors (Lipinski definition) is 3. The number of carbonyl (C=O) groups excluding carboxylic acids is 1. The number of nitrogens with zero attached hydrogens (tertiary/aromatic N) is 1. The van der Waals surface area contributed by atoms with E-state index >= 15 is 0 Å². The Kier molecular flexibility index (Phi) is 4.20. The summed E-state index contributed by atoms with van der Waals surface area (Å²) in [5.41, 5.74) is 1.00. The normalized spacial score (nSPS) is 15.0. The molecule has 1 aliphatic heterocycles. The van der Waals surface area contributed by atoms with Crippen LogP contribution in [0.25, 0.3) is 0 Å². The van der Waals surface area contributed by atoms with Crippen LogP contribution >= 0.6 is 0 Å². The fourth-order valence-corrected chi connectivity index (χ4v) is 2.19. The number of nitrogens with one attached hydrogen (secondary N) is 1. The second kappa shape index (κ2) is 5.87. The molecule has 4 nitrogen and oxygen atoms in total. The minimum Gasteiger partial charge on any atom is -0.497 e. The van der Waals surface area contributed by atoms with Crippen molar-refractivity contribution < 1.29 is 9.53 Å². The van der Waals surface area contributed by atoms with E-state index in [4.69, 9.17) is 4.74 Å². The van der Waals surface area contributed by atoms with Crippen molar-refractivity contribution in [2.45, 2.75) is 19.4 Å². The fraction of sp³-hybridized carbons (Fsp3) is 0.500. The third-order valence-electron chi connectivity index (χ3n) is 3.35. The molecule has 0 bridgehead atoms. The highest BCUT2D eigenvalue weighted by Gasteiger charge is 2.26. The lowest BCUT2D eigenvalue weighted by Crippen LogP contribution is -2.59. The van der Waals surface area contributed by atoms with Crippen LogP contribution < -0.4 is 10.1 Å². The Balaban J connectivity index is 2.00. The van der Waals surface area contributed by atoms with Crippen molar-refractivity contribution >= 4 is 5.91 Å². The van der Waals surface area contributed by atoms with E-state index in [2.05, 4.69) is 5.32 Å². The Morgan fingerprint density at radius 2 is 2.28 bits per heavy atom. The third kappa shape index (κ3) is 2.82. The first-order valence-electron chi connectivity index (χ1n) is 6.37. The van der Waals surface area contributed by atoms with Crippen LogP contribution in [0.1, 0.15) is 12.5 Å². The zero-order valence-corrected chi connectivity index (χ0v) is 11.0. The van der Waals surface area contributed by atoms with Gasteiger partial charge in [-0.1, -0.05) is 12.1 Å². The lowest BCUT2D eigenvalue weighted by molar-refractivity contribution is -0.133. The number of rotatable bonds is 5. The van der Waals surface area contributed by atoms with Gasteiger partial charge in [0.15, 0.2) is 0 Å². The maximum Gasteiger partial charge on any atom is 0.227 e. The first kappa shape index (κ1) is 12.9. The van der Waals surface area contributed by atoms with Gasteiger partial charge in [0.2, 0.25) is 5.91 Å². The number of benzene rings is 1. The molecule has 1 N–H and O–H groups in total. The zero-order valence-electron chi connectivity index (χ0n) is 11.0. The van der Waals surface area contributed by atoms with Gasteiger partial charge in [-0.15, -0.1) is 0 Å². The second-order valence-electron chi connectivity index (χ2n) is 4.52. The van der Waals surface area contributed by atoms with Gasteiger partial charge in [0.1, 0.15) is 5.75 Å². The first-order chi connectivity index (χ1) is 8.74. The van der Waals surface area contributed by atoms with Crippen LogP contribution in [0.15, 0.2) is 24.3 Å². The van der Waals surface area contributed by atoms with Gasteiger partial charge in [-0.3, -0.25) is 4.79 Å². The molecule has 1 aromatic rings. The van der Waals surface area contributed by atoms with Gasteiger partial charge in [-0.2, -0.15) is 0 Å². The molecule has 0 aromatic heterocycles. The summed E-state index contributed by atoms with van der Waals surface area (Å²) in [6.07, 6.45) is 0.446. The van der Waals surface area contributed by atoms with Gasteiger partial charge >= 0.3 is 0 Å². The summed E-state index contributed by atoms with van der Waals surface area (Å²) in [5, 5.41) is 3.20. The summed E-state index contributed by atoms with van der Waals surface area (Å²) in [4.78, 5) is 14.2. The predicted octanol–water partition coefficient (Wildman–Crippen LogP) is 1.06. The quantitative estimate of drug-likeness (QED) is 0.847. The summed E-state index contributed by atoms with van der Waals surface area (Å²) in [5.74, 6) is 0.992. The van der Waals surface area contributed by atoms with Gasteiger partial charge in [0.25, 0.3) is 0 Å². The molecule has 1 amide bonds. The van der Waals surface area contributed by atoms with Crippen molar-refractivity contribution in [2.75, 3.05) is 26.7 Å². The van der Waals surface area contributed by atoms with Gasteiger partial charge in [0, 0.05) is 19.6 Å². The number of carbonyl (C=O) groups is 1. The SMILES string of the molecule is CCN(C(=O)Cc1cccc(OC)c1)C1CNC1. The molecule has 1 aliphatic rings. The zero-order chi connectivity index (χ0) is 13.0. The van der Waals surface area contributed by atoms with Crippen molar-refractivity contribution in [3.05, 3.63) is 29.8 Å². The summed E-state index contributed by atoms with van der Waals surface area (Å²) >= 11 is 0. The van der Waals surface area contributed by atoms with Crippen molar-refractivity contribution in [3.8, 4) is 5.75 Å². The highest BCUT2D eigenvalue weighted by Crippen LogP contribution is 2.15. The van der Waals surface area contributed by atoms with Gasteiger partial charge in [0.05, 0.1) is 19.6 Å². The number of hydrogen-bond donors (Lipinski definition) is 1. The van der Waals surface area contributed by atoms with Crippen molar-refractivity contribution in [1.82, 2.24) is 10.2 Å². The highest BCUT2D eigenvalue weighted by molar-refractivity contribution is 5.79. The fourth-order valence-electron chi connectivity index (χ4n) is 2.19. The standard InChI is InChI=1S/C14H20N2O2/c1-3-16(12-9-15-10-12)14(17)8-11-5-4-6-13(7-11)18-2/h4-7,12,15H,3,8-10H2,1-2H3. The molecule has 0 aliphatic carbocycles. The summed E-state index contributed by atoms with van der Waals surface area (Å²) in [7, 11) is 1.64. The summed E-state index contributed by atoms with van der Waals surface area (Å²) < 4.78 is 5.17. The Bertz CT molecular complexity index is 416. The first-order valence-corrected chi connectivity index (χ1v) is 6.37. The molecule has 98 valence electrons. The second-order valence-corrected chi connectivity index (χ2v) is 4.52. The lowest BCUT2D eigenvalue weighted by atomic mass is 10.1. The molecular formula is C14H20N2O2. The van der Waals surface area contributed by atoms with Crippen LogP contribution in [-0.2, 0) is 11.2 Å². The number of ether oxygens (including phenoxy) is 1. The minimum atomic E-state index is 0.192. The predicted molar refractivity (Wildman–Crippen MR) is 70.7 cm³/mol. The average molecular weight is 248 g/mol. The van der Waals surface area contributed by atoms with E-state index in [0.29, 0.717) is 12.5 Å². The molecule has 0 spiro atoms. The Hall–Kier alpha value is -1.55. The van der Waals surface area contributed by atoms with E-state index in [1.54, 1.807) is 7.11 Å². The van der Waals surface area contributed by atoms with E-state index in [-0.39, 0.29) is 5.91 Å². The van der Waals surface area contributed by atoms with Crippen molar-refractivity contribution in [1.29, 1.82) is 0 Å². The molecule has 4 heteroatoms. The number of methoxy groups -OCH3 is 1. The largest absolute Gasteiger partial charge is 0.497 e. The van der Waals surface area contributed by atoms with Crippen molar-refractivity contribution in [2.24, 2.45) is 0 Å². The number of likely N-dealkylation sites (N-methyl/N-ethyl adjacent to an activating group) is 1. The third-order valence-corrected chi connectivity index (χ3v) is 3.35. The van der Waals surface area contributed by atoms with E-state index in [9.17, 15) is 4.79 Å². The van der Waals surface area contributed by atoms with Gasteiger partial charge in [-0.25, -0.2) is 0 Å². The maximum absolute atomic E-state index is 12.2. The Morgan fingerprint density at radius 3 is 2.83 bits per heavy atom. The van der Waals surface area contributed by atoms with Crippen LogP contribution in [0.5, 0.6) is 5.75 Å². The van der Waals surface area contributed by atoms with Crippen LogP contribution in [0, 0.1) is 0 Å². The lowest BCUT2D eigenvalue weighted by Gasteiger charge is -2.37. The topological polar surface area (TPSA) is 41.6 Å². The summed E-state index contributed by atoms with van der Waals surface area (Å²) in [6, 6.07) is 8.07. The smallest absolute Gasteiger partial charge is 0.227 e. The van der Waals surface area contributed by atoms with Crippen LogP contribution in [0.3, 0.4) is 0 Å². The molecule has 0 radical (unpaired) electrons. The molecule has 18 heavy (non-hydrogen) atoms.